The number of carbonyl (C=O) groups is 1. The van der Waals surface area contributed by atoms with Gasteiger partial charge in [0.25, 0.3) is 0 Å². The lowest BCUT2D eigenvalue weighted by atomic mass is 9.95. The first kappa shape index (κ1) is 18.6. The van der Waals surface area contributed by atoms with Gasteiger partial charge in [0, 0.05) is 26.2 Å². The van der Waals surface area contributed by atoms with Crippen molar-refractivity contribution < 1.29 is 13.2 Å². The van der Waals surface area contributed by atoms with Gasteiger partial charge in [0.05, 0.1) is 10.8 Å². The van der Waals surface area contributed by atoms with E-state index in [0.717, 1.165) is 12.0 Å². The molecule has 1 fully saturated rings. The lowest BCUT2D eigenvalue weighted by Crippen LogP contribution is -2.51. The van der Waals surface area contributed by atoms with E-state index < -0.39 is 10.0 Å². The van der Waals surface area contributed by atoms with Crippen LogP contribution in [0.3, 0.4) is 0 Å². The fraction of sp³-hybridized carbons (Fsp3) is 0.350. The molecule has 1 aliphatic rings. The van der Waals surface area contributed by atoms with E-state index in [9.17, 15) is 13.2 Å². The molecule has 26 heavy (non-hydrogen) atoms. The maximum absolute atomic E-state index is 12.9. The van der Waals surface area contributed by atoms with Crippen LogP contribution < -0.4 is 0 Å². The Balaban J connectivity index is 1.67. The van der Waals surface area contributed by atoms with E-state index in [-0.39, 0.29) is 11.8 Å². The summed E-state index contributed by atoms with van der Waals surface area (Å²) < 4.78 is 26.9. The third-order valence-corrected chi connectivity index (χ3v) is 6.75. The van der Waals surface area contributed by atoms with Crippen LogP contribution >= 0.6 is 0 Å². The molecular weight excluding hydrogens is 348 g/mol. The topological polar surface area (TPSA) is 57.7 Å². The molecule has 1 heterocycles. The highest BCUT2D eigenvalue weighted by Crippen LogP contribution is 2.24. The second-order valence-corrected chi connectivity index (χ2v) is 8.35. The molecule has 0 aromatic heterocycles. The summed E-state index contributed by atoms with van der Waals surface area (Å²) in [7, 11) is -3.49. The Hall–Kier alpha value is -2.18. The van der Waals surface area contributed by atoms with Gasteiger partial charge >= 0.3 is 0 Å². The monoisotopic (exact) mass is 372 g/mol. The highest BCUT2D eigenvalue weighted by molar-refractivity contribution is 7.89. The first-order valence-electron chi connectivity index (χ1n) is 8.93. The second-order valence-electron chi connectivity index (χ2n) is 6.41. The molecule has 1 unspecified atom stereocenters. The summed E-state index contributed by atoms with van der Waals surface area (Å²) in [6.07, 6.45) is 0.728. The smallest absolute Gasteiger partial charge is 0.243 e. The second kappa shape index (κ2) is 8.01. The van der Waals surface area contributed by atoms with Crippen LogP contribution in [0.4, 0.5) is 0 Å². The quantitative estimate of drug-likeness (QED) is 0.811. The van der Waals surface area contributed by atoms with Crippen molar-refractivity contribution in [1.29, 1.82) is 0 Å². The number of piperazine rings is 1. The molecule has 2 aromatic rings. The first-order valence-corrected chi connectivity index (χ1v) is 10.4. The van der Waals surface area contributed by atoms with Gasteiger partial charge in [-0.1, -0.05) is 55.5 Å². The van der Waals surface area contributed by atoms with Gasteiger partial charge in [0.1, 0.15) is 0 Å². The lowest BCUT2D eigenvalue weighted by Gasteiger charge is -2.35. The summed E-state index contributed by atoms with van der Waals surface area (Å²) in [6.45, 7) is 3.51. The van der Waals surface area contributed by atoms with Crippen molar-refractivity contribution in [3.63, 3.8) is 0 Å². The molecule has 6 heteroatoms. The van der Waals surface area contributed by atoms with E-state index in [1.807, 2.05) is 37.3 Å². The molecule has 0 N–H and O–H groups in total. The van der Waals surface area contributed by atoms with Crippen molar-refractivity contribution in [2.24, 2.45) is 0 Å². The molecule has 2 aromatic carbocycles. The SMILES string of the molecule is CCC(C(=O)N1CCN(S(=O)(=O)c2ccccc2)CC1)c1ccccc1. The summed E-state index contributed by atoms with van der Waals surface area (Å²) in [6, 6.07) is 18.2. The van der Waals surface area contributed by atoms with Gasteiger partial charge < -0.3 is 4.90 Å². The van der Waals surface area contributed by atoms with Crippen LogP contribution in [0.5, 0.6) is 0 Å². The number of nitrogens with zero attached hydrogens (tertiary/aromatic N) is 2. The van der Waals surface area contributed by atoms with E-state index in [1.165, 1.54) is 4.31 Å². The van der Waals surface area contributed by atoms with Crippen LogP contribution in [0.15, 0.2) is 65.6 Å². The average Bonchev–Trinajstić information content (AvgIpc) is 2.70. The Labute approximate surface area is 155 Å². The van der Waals surface area contributed by atoms with Gasteiger partial charge in [-0.25, -0.2) is 8.42 Å². The maximum atomic E-state index is 12.9. The Morgan fingerprint density at radius 2 is 1.46 bits per heavy atom. The number of benzene rings is 2. The summed E-state index contributed by atoms with van der Waals surface area (Å²) in [5, 5.41) is 0. The summed E-state index contributed by atoms with van der Waals surface area (Å²) in [5.41, 5.74) is 1.01. The number of sulfonamides is 1. The van der Waals surface area contributed by atoms with E-state index in [4.69, 9.17) is 0 Å². The van der Waals surface area contributed by atoms with Crippen LogP contribution in [-0.4, -0.2) is 49.7 Å². The molecule has 0 radical (unpaired) electrons. The molecule has 1 amide bonds. The normalized spacial score (nSPS) is 17.0. The zero-order valence-electron chi connectivity index (χ0n) is 14.9. The highest BCUT2D eigenvalue weighted by Gasteiger charge is 2.32. The van der Waals surface area contributed by atoms with Crippen molar-refractivity contribution in [2.75, 3.05) is 26.2 Å². The zero-order chi connectivity index (χ0) is 18.6. The molecular formula is C20H24N2O3S. The summed E-state index contributed by atoms with van der Waals surface area (Å²) >= 11 is 0. The average molecular weight is 372 g/mol. The Morgan fingerprint density at radius 1 is 0.923 bits per heavy atom. The van der Waals surface area contributed by atoms with E-state index in [0.29, 0.717) is 31.1 Å². The highest BCUT2D eigenvalue weighted by atomic mass is 32.2. The predicted octanol–water partition coefficient (Wildman–Crippen LogP) is 2.71. The largest absolute Gasteiger partial charge is 0.340 e. The fourth-order valence-electron chi connectivity index (χ4n) is 3.35. The Kier molecular flexibility index (Phi) is 5.74. The van der Waals surface area contributed by atoms with E-state index in [1.54, 1.807) is 35.2 Å². The van der Waals surface area contributed by atoms with Crippen molar-refractivity contribution in [2.45, 2.75) is 24.2 Å². The third kappa shape index (κ3) is 3.81. The number of hydrogen-bond donors (Lipinski definition) is 0. The molecule has 138 valence electrons. The van der Waals surface area contributed by atoms with Crippen molar-refractivity contribution in [3.8, 4) is 0 Å². The minimum Gasteiger partial charge on any atom is -0.340 e. The molecule has 5 nitrogen and oxygen atoms in total. The van der Waals surface area contributed by atoms with Crippen LogP contribution in [-0.2, 0) is 14.8 Å². The molecule has 0 spiro atoms. The van der Waals surface area contributed by atoms with Crippen LogP contribution in [0.2, 0.25) is 0 Å². The maximum Gasteiger partial charge on any atom is 0.243 e. The number of carbonyl (C=O) groups excluding carboxylic acids is 1. The molecule has 0 aliphatic carbocycles. The van der Waals surface area contributed by atoms with Crippen LogP contribution in [0.1, 0.15) is 24.8 Å². The number of rotatable bonds is 5. The van der Waals surface area contributed by atoms with Crippen LogP contribution in [0.25, 0.3) is 0 Å². The molecule has 0 saturated carbocycles. The first-order chi connectivity index (χ1) is 12.5. The van der Waals surface area contributed by atoms with Gasteiger partial charge in [-0.3, -0.25) is 4.79 Å². The van der Waals surface area contributed by atoms with Gasteiger partial charge in [0.15, 0.2) is 0 Å². The third-order valence-electron chi connectivity index (χ3n) is 4.84. The molecule has 1 atom stereocenters. The van der Waals surface area contributed by atoms with Crippen molar-refractivity contribution >= 4 is 15.9 Å². The standard InChI is InChI=1S/C20H24N2O3S/c1-2-19(17-9-5-3-6-10-17)20(23)21-13-15-22(16-14-21)26(24,25)18-11-7-4-8-12-18/h3-12,19H,2,13-16H2,1H3. The number of hydrogen-bond acceptors (Lipinski definition) is 3. The Bertz CT molecular complexity index is 830. The molecule has 3 rings (SSSR count). The molecule has 1 aliphatic heterocycles. The molecule has 1 saturated heterocycles. The summed E-state index contributed by atoms with van der Waals surface area (Å²) in [5.74, 6) is -0.0936. The summed E-state index contributed by atoms with van der Waals surface area (Å²) in [4.78, 5) is 15.0. The fourth-order valence-corrected chi connectivity index (χ4v) is 4.79. The molecule has 0 bridgehead atoms. The zero-order valence-corrected chi connectivity index (χ0v) is 15.7. The van der Waals surface area contributed by atoms with Gasteiger partial charge in [-0.2, -0.15) is 4.31 Å². The van der Waals surface area contributed by atoms with Gasteiger partial charge in [-0.15, -0.1) is 0 Å². The van der Waals surface area contributed by atoms with Crippen molar-refractivity contribution in [3.05, 3.63) is 66.2 Å². The minimum absolute atomic E-state index is 0.0791. The van der Waals surface area contributed by atoms with Gasteiger partial charge in [0.2, 0.25) is 15.9 Å². The number of amides is 1. The predicted molar refractivity (Wildman–Crippen MR) is 101 cm³/mol. The van der Waals surface area contributed by atoms with E-state index in [2.05, 4.69) is 0 Å². The van der Waals surface area contributed by atoms with E-state index >= 15 is 0 Å². The lowest BCUT2D eigenvalue weighted by molar-refractivity contribution is -0.134. The van der Waals surface area contributed by atoms with Crippen LogP contribution in [0, 0.1) is 0 Å². The van der Waals surface area contributed by atoms with Gasteiger partial charge in [-0.05, 0) is 24.1 Å². The minimum atomic E-state index is -3.49. The Morgan fingerprint density at radius 3 is 2.00 bits per heavy atom. The van der Waals surface area contributed by atoms with Crippen molar-refractivity contribution in [1.82, 2.24) is 9.21 Å².